The van der Waals surface area contributed by atoms with E-state index >= 15 is 0 Å². The van der Waals surface area contributed by atoms with E-state index < -0.39 is 0 Å². The predicted octanol–water partition coefficient (Wildman–Crippen LogP) is 30.9. The van der Waals surface area contributed by atoms with Crippen LogP contribution >= 0.6 is 0 Å². The molecule has 0 radical (unpaired) electrons. The molecule has 0 saturated heterocycles. The molecule has 2 aliphatic rings. The topological polar surface area (TPSA) is 110 Å². The van der Waals surface area contributed by atoms with Crippen molar-refractivity contribution in [2.24, 2.45) is 0 Å². The summed E-state index contributed by atoms with van der Waals surface area (Å²) in [4.78, 5) is 46.4. The second-order valence-electron chi connectivity index (χ2n) is 33.8. The first-order chi connectivity index (χ1) is 65.2. The van der Waals surface area contributed by atoms with Gasteiger partial charge in [-0.05, 0) is 159 Å². The minimum atomic E-state index is -0.135. The van der Waals surface area contributed by atoms with E-state index in [1.54, 1.807) is 0 Å². The first-order valence-electron chi connectivity index (χ1n) is 44.7. The van der Waals surface area contributed by atoms with Crippen molar-refractivity contribution in [3.8, 4) is 158 Å². The lowest BCUT2D eigenvalue weighted by Gasteiger charge is -2.42. The summed E-state index contributed by atoms with van der Waals surface area (Å²) < 4.78 is 0. The highest BCUT2D eigenvalue weighted by Gasteiger charge is 2.37. The summed E-state index contributed by atoms with van der Waals surface area (Å²) in [7, 11) is 0. The molecule has 10 nitrogen and oxygen atoms in total. The summed E-state index contributed by atoms with van der Waals surface area (Å²) in [6.07, 6.45) is 0. The molecule has 0 unspecified atom stereocenters. The van der Waals surface area contributed by atoms with E-state index in [4.69, 9.17) is 39.9 Å². The van der Waals surface area contributed by atoms with Gasteiger partial charge in [-0.25, -0.2) is 39.9 Å². The predicted molar refractivity (Wildman–Crippen MR) is 540 cm³/mol. The molecule has 0 saturated carbocycles. The Balaban J connectivity index is 0.000000155. The van der Waals surface area contributed by atoms with Gasteiger partial charge in [-0.15, -0.1) is 0 Å². The number of rotatable bonds is 17. The van der Waals surface area contributed by atoms with Gasteiger partial charge in [0.15, 0.2) is 23.3 Å². The van der Waals surface area contributed by atoms with Crippen molar-refractivity contribution in [3.63, 3.8) is 0 Å². The van der Waals surface area contributed by atoms with Crippen LogP contribution < -0.4 is 9.80 Å². The smallest absolute Gasteiger partial charge is 0.160 e. The summed E-state index contributed by atoms with van der Waals surface area (Å²) in [5.41, 5.74) is 35.8. The third kappa shape index (κ3) is 16.2. The van der Waals surface area contributed by atoms with Crippen LogP contribution in [0.15, 0.2) is 479 Å². The zero-order chi connectivity index (χ0) is 88.3. The highest BCUT2D eigenvalue weighted by atomic mass is 15.2. The molecule has 4 aromatic heterocycles. The van der Waals surface area contributed by atoms with Gasteiger partial charge in [0.2, 0.25) is 0 Å². The Kier molecular flexibility index (Phi) is 21.6. The van der Waals surface area contributed by atoms with Crippen molar-refractivity contribution in [2.45, 2.75) is 25.2 Å². The second-order valence-corrected chi connectivity index (χ2v) is 33.8. The molecule has 0 N–H and O–H groups in total. The Hall–Kier alpha value is -17.3. The van der Waals surface area contributed by atoms with Crippen LogP contribution in [-0.2, 0) is 5.41 Å². The first-order valence-corrected chi connectivity index (χ1v) is 44.7. The second kappa shape index (κ2) is 35.5. The maximum absolute atomic E-state index is 5.29. The van der Waals surface area contributed by atoms with Crippen molar-refractivity contribution in [1.29, 1.82) is 0 Å². The van der Waals surface area contributed by atoms with Crippen LogP contribution in [0.3, 0.4) is 0 Å². The van der Waals surface area contributed by atoms with E-state index in [1.807, 2.05) is 146 Å². The van der Waals surface area contributed by atoms with Gasteiger partial charge in [0.25, 0.3) is 0 Å². The van der Waals surface area contributed by atoms with Crippen LogP contribution in [0.4, 0.5) is 34.1 Å². The van der Waals surface area contributed by atoms with Crippen molar-refractivity contribution >= 4 is 34.1 Å². The fourth-order valence-corrected chi connectivity index (χ4v) is 18.5. The number of aromatic nitrogens is 8. The Morgan fingerprint density at radius 2 is 0.386 bits per heavy atom. The lowest BCUT2D eigenvalue weighted by Crippen LogP contribution is -2.30. The molecule has 0 aliphatic carbocycles. The van der Waals surface area contributed by atoms with Gasteiger partial charge < -0.3 is 9.80 Å². The van der Waals surface area contributed by atoms with Crippen molar-refractivity contribution in [1.82, 2.24) is 39.9 Å². The molecule has 17 aromatic carbocycles. The van der Waals surface area contributed by atoms with Gasteiger partial charge in [0, 0.05) is 89.5 Å². The minimum absolute atomic E-state index is 0.124. The van der Waals surface area contributed by atoms with Crippen LogP contribution in [0.1, 0.15) is 47.6 Å². The lowest BCUT2D eigenvalue weighted by molar-refractivity contribution is 0.632. The summed E-state index contributed by atoms with van der Waals surface area (Å²) in [5.74, 6) is 2.78. The maximum Gasteiger partial charge on any atom is 0.160 e. The van der Waals surface area contributed by atoms with E-state index in [0.29, 0.717) is 23.3 Å². The fraction of sp³-hybridized carbons (Fsp3) is 0.0328. The van der Waals surface area contributed by atoms with E-state index in [9.17, 15) is 0 Å². The molecule has 0 fully saturated rings. The van der Waals surface area contributed by atoms with Gasteiger partial charge in [-0.2, -0.15) is 0 Å². The molecular formula is C122H86N10. The molecule has 0 atom stereocenters. The quantitative estimate of drug-likeness (QED) is 0.0874. The number of fused-ring (bicyclic) bond motifs is 4. The summed E-state index contributed by atoms with van der Waals surface area (Å²) in [6, 6.07) is 168. The SMILES string of the molecule is CC1(C)c2ccccc2N(c2ccc(-c3cc(-c4cc(-c5ccccc5)nc(-c5ccccc5)n4)cc(-c4cc(-c5ccccc5)nc(-c5ccccc5)n4)c3)cc2)c2ccccc21.c1ccc(-c2cc(-c3cc(-c4ccc(N5c6ccccc6C(c6ccccc6)c6ccccc65)cc4)cc(-c4cc(-c5ccccc5)nc(-c5ccccc5)n4)c3)nc(-c3ccccc3)n2)cc1. The normalized spacial score (nSPS) is 12.3. The Bertz CT molecular complexity index is 7130. The Morgan fingerprint density at radius 1 is 0.174 bits per heavy atom. The number of benzene rings is 17. The maximum atomic E-state index is 5.29. The first kappa shape index (κ1) is 80.5. The molecule has 0 bridgehead atoms. The zero-order valence-electron chi connectivity index (χ0n) is 72.7. The van der Waals surface area contributed by atoms with Crippen molar-refractivity contribution in [2.75, 3.05) is 9.80 Å². The summed E-state index contributed by atoms with van der Waals surface area (Å²) >= 11 is 0. The standard InChI is InChI=1S/C63H43N5.C59H43N5/c1-6-20-44(21-7-1)55-41-57(66-62(64-55)47-26-12-4-13-27-47)50-38-49(39-51(40-50)58-42-56(45-22-8-2-9-23-45)65-63(67-58)48-28-14-5-15-29-48)43-34-36-52(37-35-43)68-59-32-18-16-30-53(59)61(46-24-10-3-11-25-46)54-31-17-19-33-60(54)68;1-59(2)49-27-15-17-29-55(49)64(56-30-18-16-28-50(56)59)48-33-31-40(32-34-48)45-35-46(53-38-51(41-19-7-3-8-20-41)60-57(62-53)43-23-11-5-12-24-43)37-47(36-45)54-39-52(42-21-9-4-10-22-42)61-58(63-54)44-25-13-6-14-26-44/h1-42,61H;3-39H,1-2H3. The highest BCUT2D eigenvalue weighted by molar-refractivity contribution is 5.92. The molecule has 10 heteroatoms. The number of nitrogens with zero attached hydrogens (tertiary/aromatic N) is 10. The minimum Gasteiger partial charge on any atom is -0.310 e. The van der Waals surface area contributed by atoms with E-state index in [2.05, 4.69) is 357 Å². The van der Waals surface area contributed by atoms with Gasteiger partial charge in [-0.3, -0.25) is 0 Å². The molecule has 0 spiro atoms. The van der Waals surface area contributed by atoms with E-state index in [0.717, 1.165) is 146 Å². The Morgan fingerprint density at radius 3 is 0.667 bits per heavy atom. The number of hydrogen-bond donors (Lipinski definition) is 0. The number of anilines is 6. The third-order valence-corrected chi connectivity index (χ3v) is 25.0. The summed E-state index contributed by atoms with van der Waals surface area (Å²) in [6.45, 7) is 4.64. The van der Waals surface area contributed by atoms with Crippen LogP contribution in [0, 0.1) is 0 Å². The monoisotopic (exact) mass is 1690 g/mol. The van der Waals surface area contributed by atoms with E-state index in [1.165, 1.54) is 50.6 Å². The molecule has 132 heavy (non-hydrogen) atoms. The molecule has 624 valence electrons. The third-order valence-electron chi connectivity index (χ3n) is 25.0. The van der Waals surface area contributed by atoms with Crippen LogP contribution in [-0.4, -0.2) is 39.9 Å². The van der Waals surface area contributed by atoms with Crippen LogP contribution in [0.5, 0.6) is 0 Å². The zero-order valence-corrected chi connectivity index (χ0v) is 72.7. The number of hydrogen-bond acceptors (Lipinski definition) is 10. The molecule has 0 amide bonds. The average Bonchev–Trinajstić information content (AvgIpc) is 0.729. The molecule has 21 aromatic rings. The molecule has 6 heterocycles. The molecule has 23 rings (SSSR count). The van der Waals surface area contributed by atoms with Crippen molar-refractivity contribution < 1.29 is 0 Å². The van der Waals surface area contributed by atoms with Crippen LogP contribution in [0.2, 0.25) is 0 Å². The summed E-state index contributed by atoms with van der Waals surface area (Å²) in [5, 5.41) is 0. The number of para-hydroxylation sites is 4. The van der Waals surface area contributed by atoms with Gasteiger partial charge in [0.05, 0.1) is 68.3 Å². The van der Waals surface area contributed by atoms with Gasteiger partial charge in [0.1, 0.15) is 0 Å². The van der Waals surface area contributed by atoms with Crippen LogP contribution in [0.25, 0.3) is 158 Å². The lowest BCUT2D eigenvalue weighted by atomic mass is 9.73. The Labute approximate surface area is 768 Å². The largest absolute Gasteiger partial charge is 0.310 e. The van der Waals surface area contributed by atoms with Gasteiger partial charge >= 0.3 is 0 Å². The van der Waals surface area contributed by atoms with Gasteiger partial charge in [-0.1, -0.05) is 384 Å². The fourth-order valence-electron chi connectivity index (χ4n) is 18.5. The van der Waals surface area contributed by atoms with E-state index in [-0.39, 0.29) is 11.3 Å². The molecule has 2 aliphatic heterocycles. The average molecular weight is 1690 g/mol. The highest BCUT2D eigenvalue weighted by Crippen LogP contribution is 2.54. The van der Waals surface area contributed by atoms with Crippen molar-refractivity contribution in [3.05, 3.63) is 507 Å². The molecular weight excluding hydrogens is 1610 g/mol.